The number of ether oxygens (including phenoxy) is 6. The first-order valence-corrected chi connectivity index (χ1v) is 54.3. The highest BCUT2D eigenvalue weighted by Crippen LogP contribution is 2.45. The molecular formula is C66H86O18Si10. The van der Waals surface area contributed by atoms with Crippen LogP contribution in [-0.4, -0.2) is 164 Å². The number of epoxide rings is 3. The van der Waals surface area contributed by atoms with E-state index < -0.39 is 86.6 Å². The highest BCUT2D eigenvalue weighted by molar-refractivity contribution is 7.11. The third-order valence-corrected chi connectivity index (χ3v) is 58.0. The first-order chi connectivity index (χ1) is 45.5. The van der Waals surface area contributed by atoms with Crippen LogP contribution in [0.5, 0.6) is 0 Å². The molecule has 4 bridgehead atoms. The summed E-state index contributed by atoms with van der Waals surface area (Å²) in [6, 6.07) is 71.3. The van der Waals surface area contributed by atoms with Crippen LogP contribution in [0.25, 0.3) is 0 Å². The fourth-order valence-corrected chi connectivity index (χ4v) is 63.1. The van der Waals surface area contributed by atoms with Crippen molar-refractivity contribution in [1.82, 2.24) is 0 Å². The average molecular weight is 1450 g/mol. The highest BCUT2D eigenvalue weighted by atomic mass is 28.6. The lowest BCUT2D eigenvalue weighted by Gasteiger charge is -2.59. The second-order valence-electron chi connectivity index (χ2n) is 26.4. The predicted molar refractivity (Wildman–Crippen MR) is 378 cm³/mol. The summed E-state index contributed by atoms with van der Waals surface area (Å²) >= 11 is 0. The molecule has 0 N–H and O–H groups in total. The van der Waals surface area contributed by atoms with Crippen molar-refractivity contribution in [3.63, 3.8) is 0 Å². The Labute approximate surface area is 563 Å². The monoisotopic (exact) mass is 1450 g/mol. The minimum Gasteiger partial charge on any atom is -0.413 e. The average Bonchev–Trinajstić information content (AvgIpc) is 1.04. The van der Waals surface area contributed by atoms with E-state index in [0.29, 0.717) is 133 Å². The van der Waals surface area contributed by atoms with E-state index in [4.69, 9.17) is 77.8 Å². The van der Waals surface area contributed by atoms with Gasteiger partial charge in [-0.1, -0.05) is 212 Å². The molecule has 3 unspecified atom stereocenters. The molecule has 7 aromatic rings. The van der Waals surface area contributed by atoms with E-state index in [-0.39, 0.29) is 18.3 Å². The molecule has 6 saturated heterocycles. The molecule has 18 nitrogen and oxygen atoms in total. The van der Waals surface area contributed by atoms with Crippen LogP contribution in [0.2, 0.25) is 57.4 Å². The summed E-state index contributed by atoms with van der Waals surface area (Å²) in [6.07, 6.45) is 2.43. The summed E-state index contributed by atoms with van der Waals surface area (Å²) in [5.41, 5.74) is 0. The normalized spacial score (nSPS) is 29.9. The van der Waals surface area contributed by atoms with Crippen LogP contribution in [0, 0.1) is 0 Å². The Morgan fingerprint density at radius 1 is 0.287 bits per heavy atom. The number of hydrogen-bond donors (Lipinski definition) is 0. The molecule has 3 atom stereocenters. The zero-order chi connectivity index (χ0) is 64.9. The molecule has 94 heavy (non-hydrogen) atoms. The van der Waals surface area contributed by atoms with Crippen molar-refractivity contribution < 1.29 is 77.8 Å². The van der Waals surface area contributed by atoms with Crippen LogP contribution in [0.15, 0.2) is 212 Å². The molecule has 6 heterocycles. The number of hydrogen-bond acceptors (Lipinski definition) is 18. The lowest BCUT2D eigenvalue weighted by atomic mass is 10.4. The van der Waals surface area contributed by atoms with Gasteiger partial charge in [0.2, 0.25) is 0 Å². The smallest absolute Gasteiger partial charge is 0.413 e. The fourth-order valence-electron chi connectivity index (χ4n) is 11.9. The fraction of sp³-hybridized carbons (Fsp3) is 0.364. The molecule has 0 saturated carbocycles. The van der Waals surface area contributed by atoms with Gasteiger partial charge in [-0.15, -0.1) is 0 Å². The maximum atomic E-state index is 8.67. The van der Waals surface area contributed by atoms with Crippen LogP contribution >= 0.6 is 0 Å². The Hall–Kier alpha value is -4.01. The van der Waals surface area contributed by atoms with Gasteiger partial charge in [-0.3, -0.25) is 0 Å². The Kier molecular flexibility index (Phi) is 21.2. The molecule has 6 fully saturated rings. The summed E-state index contributed by atoms with van der Waals surface area (Å²) in [7, 11) is -44.1. The molecule has 0 aromatic heterocycles. The number of rotatable bonds is 31. The van der Waals surface area contributed by atoms with Gasteiger partial charge >= 0.3 is 61.6 Å². The van der Waals surface area contributed by atoms with Crippen molar-refractivity contribution in [1.29, 1.82) is 0 Å². The molecule has 28 heteroatoms. The molecule has 6 aliphatic rings. The van der Waals surface area contributed by atoms with E-state index in [1.165, 1.54) is 0 Å². The molecule has 498 valence electrons. The summed E-state index contributed by atoms with van der Waals surface area (Å²) in [4.78, 5) is 0. The Morgan fingerprint density at radius 3 is 0.681 bits per heavy atom. The van der Waals surface area contributed by atoms with E-state index in [1.807, 2.05) is 212 Å². The predicted octanol–water partition coefficient (Wildman–Crippen LogP) is 7.18. The topological polar surface area (TPSA) is 176 Å². The van der Waals surface area contributed by atoms with Crippen LogP contribution in [0.4, 0.5) is 0 Å². The van der Waals surface area contributed by atoms with Gasteiger partial charge in [0, 0.05) is 56.1 Å². The van der Waals surface area contributed by atoms with E-state index in [9.17, 15) is 0 Å². The van der Waals surface area contributed by atoms with Crippen molar-refractivity contribution in [2.75, 3.05) is 59.5 Å². The summed E-state index contributed by atoms with van der Waals surface area (Å²) in [6.45, 7) is 18.4. The van der Waals surface area contributed by atoms with E-state index in [0.717, 1.165) is 0 Å². The highest BCUT2D eigenvalue weighted by Gasteiger charge is 2.81. The SMILES string of the molecule is C[Si](C)(CCCOCC1CO1)O[Si]1(c2ccccc2)O[Si]2(c3ccccc3)O[Si](O[Si](C)(C)CCCOCC3CO3)(c3ccccc3)O[Si]3(c4ccccc4)O[Si](O[Si](C)(C)CCCOCC4CO4)(c4ccccc4)O[Si](c4ccccc4)(O1)O[Si](c1ccccc1)(O2)O3. The molecule has 0 amide bonds. The van der Waals surface area contributed by atoms with Gasteiger partial charge in [0.1, 0.15) is 18.3 Å². The van der Waals surface area contributed by atoms with Crippen molar-refractivity contribution in [3.8, 4) is 0 Å². The Bertz CT molecular complexity index is 3180. The second kappa shape index (κ2) is 29.1. The minimum atomic E-state index is -5.04. The van der Waals surface area contributed by atoms with Gasteiger partial charge in [0.25, 0.3) is 0 Å². The zero-order valence-electron chi connectivity index (χ0n) is 54.4. The number of benzene rings is 7. The van der Waals surface area contributed by atoms with Crippen LogP contribution in [-0.2, 0) is 77.8 Å². The molecular weight excluding hydrogens is 1360 g/mol. The maximum absolute atomic E-state index is 8.67. The van der Waals surface area contributed by atoms with Gasteiger partial charge in [-0.25, -0.2) is 0 Å². The van der Waals surface area contributed by atoms with Crippen LogP contribution in [0.3, 0.4) is 0 Å². The van der Waals surface area contributed by atoms with Crippen LogP contribution < -0.4 is 36.3 Å². The molecule has 7 aromatic carbocycles. The second-order valence-corrected chi connectivity index (χ2v) is 60.0. The maximum Gasteiger partial charge on any atom is 0.515 e. The molecule has 6 aliphatic heterocycles. The van der Waals surface area contributed by atoms with Gasteiger partial charge in [-0.2, -0.15) is 0 Å². The molecule has 0 aliphatic carbocycles. The van der Waals surface area contributed by atoms with Crippen molar-refractivity contribution >= 4 is 123 Å². The third-order valence-electron chi connectivity index (χ3n) is 16.9. The lowest BCUT2D eigenvalue weighted by Crippen LogP contribution is -2.92. The Morgan fingerprint density at radius 2 is 0.479 bits per heavy atom. The van der Waals surface area contributed by atoms with Gasteiger partial charge in [0.05, 0.1) is 39.6 Å². The lowest BCUT2D eigenvalue weighted by molar-refractivity contribution is 0.0380. The number of fused-ring (bicyclic) bond motifs is 3. The summed E-state index contributed by atoms with van der Waals surface area (Å²) in [5.74, 6) is 0. The summed E-state index contributed by atoms with van der Waals surface area (Å²) < 4.78 is 138. The molecule has 0 spiro atoms. The largest absolute Gasteiger partial charge is 0.515 e. The van der Waals surface area contributed by atoms with Crippen molar-refractivity contribution in [3.05, 3.63) is 212 Å². The molecule has 0 radical (unpaired) electrons. The van der Waals surface area contributed by atoms with E-state index in [1.54, 1.807) is 0 Å². The Balaban J connectivity index is 1.13. The van der Waals surface area contributed by atoms with Gasteiger partial charge in [0.15, 0.2) is 25.0 Å². The first kappa shape index (κ1) is 68.5. The van der Waals surface area contributed by atoms with E-state index >= 15 is 0 Å². The van der Waals surface area contributed by atoms with Gasteiger partial charge in [-0.05, 0) is 76.7 Å². The molecule has 13 rings (SSSR count). The quantitative estimate of drug-likeness (QED) is 0.0242. The summed E-state index contributed by atoms with van der Waals surface area (Å²) in [5, 5.41) is 4.12. The van der Waals surface area contributed by atoms with Crippen molar-refractivity contribution in [2.45, 2.75) is 95.0 Å². The standard InChI is InChI=1S/C66H86O18Si10/c1-85(2,48-28-45-67-51-57-54-70-57)73-88(60-31-14-7-15-32-60)76-91(63-37-20-10-21-38-63)78-89(61-33-16-8-17-34-61,74-86(3,4)49-29-46-68-52-58-55-71-58)80-93(65-41-24-12-25-42-65)81-90(62-35-18-9-19-36-62,75-87(5,6)50-30-47-69-53-59-56-72-59)79-92(77-88,64-39-22-11-23-40-64)83-94(82-91,84-93)66-43-26-13-27-44-66/h7-27,31-44,57-59H,28-30,45-56H2,1-6H3. The van der Waals surface area contributed by atoms with Crippen molar-refractivity contribution in [2.24, 2.45) is 0 Å². The van der Waals surface area contributed by atoms with Crippen LogP contribution in [0.1, 0.15) is 19.3 Å². The van der Waals surface area contributed by atoms with E-state index in [2.05, 4.69) is 39.3 Å². The van der Waals surface area contributed by atoms with Gasteiger partial charge < -0.3 is 77.8 Å². The minimum absolute atomic E-state index is 0.123. The zero-order valence-corrected chi connectivity index (χ0v) is 64.4. The third kappa shape index (κ3) is 16.3. The first-order valence-electron chi connectivity index (χ1n) is 32.8.